The molecular formula is C23H26N8O2. The van der Waals surface area contributed by atoms with Crippen molar-refractivity contribution >= 4 is 40.1 Å². The van der Waals surface area contributed by atoms with Gasteiger partial charge in [-0.25, -0.2) is 14.8 Å². The van der Waals surface area contributed by atoms with Gasteiger partial charge in [-0.2, -0.15) is 4.98 Å². The van der Waals surface area contributed by atoms with Crippen molar-refractivity contribution < 1.29 is 4.42 Å². The average molecular weight is 447 g/mol. The summed E-state index contributed by atoms with van der Waals surface area (Å²) in [4.78, 5) is 30.0. The van der Waals surface area contributed by atoms with Gasteiger partial charge < -0.3 is 24.9 Å². The van der Waals surface area contributed by atoms with Crippen LogP contribution in [0.15, 0.2) is 51.9 Å². The van der Waals surface area contributed by atoms with Crippen LogP contribution in [0.2, 0.25) is 0 Å². The van der Waals surface area contributed by atoms with Crippen molar-refractivity contribution in [1.29, 1.82) is 0 Å². The van der Waals surface area contributed by atoms with E-state index >= 15 is 0 Å². The minimum absolute atomic E-state index is 0.390. The van der Waals surface area contributed by atoms with Gasteiger partial charge in [0.1, 0.15) is 11.6 Å². The molecule has 1 fully saturated rings. The molecular weight excluding hydrogens is 420 g/mol. The van der Waals surface area contributed by atoms with Crippen molar-refractivity contribution in [2.45, 2.75) is 6.92 Å². The van der Waals surface area contributed by atoms with E-state index in [1.165, 1.54) is 4.57 Å². The summed E-state index contributed by atoms with van der Waals surface area (Å²) in [5.74, 6) is 1.71. The van der Waals surface area contributed by atoms with E-state index in [-0.39, 0.29) is 5.76 Å². The summed E-state index contributed by atoms with van der Waals surface area (Å²) in [6.45, 7) is 5.96. The van der Waals surface area contributed by atoms with Crippen LogP contribution < -0.4 is 21.3 Å². The van der Waals surface area contributed by atoms with Crippen LogP contribution in [0.5, 0.6) is 0 Å². The van der Waals surface area contributed by atoms with Gasteiger partial charge in [-0.1, -0.05) is 0 Å². The highest BCUT2D eigenvalue weighted by atomic mass is 16.4. The Bertz CT molecular complexity index is 1340. The number of benzene rings is 1. The molecule has 3 aromatic heterocycles. The first kappa shape index (κ1) is 21.0. The lowest BCUT2D eigenvalue weighted by Crippen LogP contribution is -2.44. The number of fused-ring (bicyclic) bond motifs is 1. The molecule has 33 heavy (non-hydrogen) atoms. The Balaban J connectivity index is 1.31. The van der Waals surface area contributed by atoms with Gasteiger partial charge in [0.2, 0.25) is 5.95 Å². The molecule has 0 saturated carbocycles. The normalized spacial score (nSPS) is 14.6. The zero-order chi connectivity index (χ0) is 22.9. The van der Waals surface area contributed by atoms with Crippen molar-refractivity contribution in [1.82, 2.24) is 24.4 Å². The zero-order valence-electron chi connectivity index (χ0n) is 18.9. The van der Waals surface area contributed by atoms with Gasteiger partial charge >= 0.3 is 5.76 Å². The van der Waals surface area contributed by atoms with E-state index in [9.17, 15) is 4.79 Å². The summed E-state index contributed by atoms with van der Waals surface area (Å²) in [5, 5.41) is 6.51. The van der Waals surface area contributed by atoms with Gasteiger partial charge in [0, 0.05) is 56.7 Å². The smallest absolute Gasteiger partial charge is 0.408 e. The molecule has 0 amide bonds. The van der Waals surface area contributed by atoms with Crippen LogP contribution in [0.25, 0.3) is 11.1 Å². The number of anilines is 5. The molecule has 1 aliphatic rings. The Morgan fingerprint density at radius 3 is 2.48 bits per heavy atom. The van der Waals surface area contributed by atoms with E-state index in [2.05, 4.69) is 42.4 Å². The third-order valence-corrected chi connectivity index (χ3v) is 5.86. The molecule has 0 spiro atoms. The standard InChI is InChI=1S/C23H26N8O2/c1-15-13-25-22(27-17-5-7-20(24-14-17)31-10-8-29(2)9-11-31)28-21(15)26-16-4-6-18-19(12-16)33-23(32)30(18)3/h4-7,12-14H,8-11H2,1-3H3,(H2,25,26,27,28). The summed E-state index contributed by atoms with van der Waals surface area (Å²) < 4.78 is 6.75. The Labute approximate surface area is 190 Å². The van der Waals surface area contributed by atoms with E-state index in [0.717, 1.165) is 54.5 Å². The van der Waals surface area contributed by atoms with Crippen molar-refractivity contribution in [3.63, 3.8) is 0 Å². The second-order valence-corrected chi connectivity index (χ2v) is 8.28. The minimum atomic E-state index is -0.390. The molecule has 4 heterocycles. The first-order valence-electron chi connectivity index (χ1n) is 10.8. The number of oxazole rings is 1. The van der Waals surface area contributed by atoms with Crippen molar-refractivity contribution in [2.75, 3.05) is 48.8 Å². The predicted octanol–water partition coefficient (Wildman–Crippen LogP) is 2.86. The highest BCUT2D eigenvalue weighted by Gasteiger charge is 2.15. The minimum Gasteiger partial charge on any atom is -0.408 e. The largest absolute Gasteiger partial charge is 0.419 e. The van der Waals surface area contributed by atoms with E-state index in [4.69, 9.17) is 4.42 Å². The molecule has 10 nitrogen and oxygen atoms in total. The van der Waals surface area contributed by atoms with Gasteiger partial charge in [0.15, 0.2) is 5.58 Å². The van der Waals surface area contributed by atoms with Crippen LogP contribution >= 0.6 is 0 Å². The number of piperazine rings is 1. The number of likely N-dealkylation sites (N-methyl/N-ethyl adjacent to an activating group) is 1. The van der Waals surface area contributed by atoms with Crippen molar-refractivity contribution in [3.05, 3.63) is 58.8 Å². The Kier molecular flexibility index (Phi) is 5.43. The van der Waals surface area contributed by atoms with Crippen LogP contribution in [-0.4, -0.2) is 57.6 Å². The van der Waals surface area contributed by atoms with E-state index in [1.54, 1.807) is 25.5 Å². The highest BCUT2D eigenvalue weighted by molar-refractivity contribution is 5.79. The lowest BCUT2D eigenvalue weighted by atomic mass is 10.2. The average Bonchev–Trinajstić information content (AvgIpc) is 3.10. The van der Waals surface area contributed by atoms with Crippen LogP contribution in [0, 0.1) is 6.92 Å². The van der Waals surface area contributed by atoms with Gasteiger partial charge in [-0.3, -0.25) is 4.57 Å². The Morgan fingerprint density at radius 2 is 1.73 bits per heavy atom. The third kappa shape index (κ3) is 4.37. The zero-order valence-corrected chi connectivity index (χ0v) is 18.9. The molecule has 10 heteroatoms. The first-order valence-corrected chi connectivity index (χ1v) is 10.8. The number of nitrogens with zero attached hydrogens (tertiary/aromatic N) is 6. The maximum atomic E-state index is 11.7. The molecule has 0 atom stereocenters. The summed E-state index contributed by atoms with van der Waals surface area (Å²) in [5.41, 5.74) is 3.72. The summed E-state index contributed by atoms with van der Waals surface area (Å²) in [7, 11) is 3.82. The summed E-state index contributed by atoms with van der Waals surface area (Å²) in [6, 6.07) is 9.51. The predicted molar refractivity (Wildman–Crippen MR) is 129 cm³/mol. The molecule has 2 N–H and O–H groups in total. The SMILES string of the molecule is Cc1cnc(Nc2ccc(N3CCN(C)CC3)nc2)nc1Nc1ccc2c(c1)oc(=O)n2C. The lowest BCUT2D eigenvalue weighted by molar-refractivity contribution is 0.312. The van der Waals surface area contributed by atoms with Gasteiger partial charge in [0.25, 0.3) is 0 Å². The molecule has 1 saturated heterocycles. The quantitative estimate of drug-likeness (QED) is 0.479. The molecule has 1 aliphatic heterocycles. The second-order valence-electron chi connectivity index (χ2n) is 8.28. The molecule has 0 unspecified atom stereocenters. The molecule has 170 valence electrons. The summed E-state index contributed by atoms with van der Waals surface area (Å²) >= 11 is 0. The fourth-order valence-electron chi connectivity index (χ4n) is 3.79. The van der Waals surface area contributed by atoms with Gasteiger partial charge in [-0.15, -0.1) is 0 Å². The molecule has 0 bridgehead atoms. The number of hydrogen-bond acceptors (Lipinski definition) is 9. The highest BCUT2D eigenvalue weighted by Crippen LogP contribution is 2.24. The molecule has 1 aromatic carbocycles. The van der Waals surface area contributed by atoms with E-state index in [1.807, 2.05) is 31.2 Å². The fourth-order valence-corrected chi connectivity index (χ4v) is 3.79. The van der Waals surface area contributed by atoms with Gasteiger partial charge in [-0.05, 0) is 38.2 Å². The Morgan fingerprint density at radius 1 is 0.939 bits per heavy atom. The topological polar surface area (TPSA) is 104 Å². The third-order valence-electron chi connectivity index (χ3n) is 5.86. The summed E-state index contributed by atoms with van der Waals surface area (Å²) in [6.07, 6.45) is 3.56. The van der Waals surface area contributed by atoms with E-state index in [0.29, 0.717) is 17.3 Å². The molecule has 0 radical (unpaired) electrons. The van der Waals surface area contributed by atoms with Gasteiger partial charge in [0.05, 0.1) is 17.4 Å². The first-order chi connectivity index (χ1) is 16.0. The van der Waals surface area contributed by atoms with Crippen LogP contribution in [0.1, 0.15) is 5.56 Å². The number of aryl methyl sites for hydroxylation is 2. The number of hydrogen-bond donors (Lipinski definition) is 2. The monoisotopic (exact) mass is 446 g/mol. The fraction of sp³-hybridized carbons (Fsp3) is 0.304. The van der Waals surface area contributed by atoms with Crippen LogP contribution in [0.4, 0.5) is 29.0 Å². The number of pyridine rings is 1. The van der Waals surface area contributed by atoms with E-state index < -0.39 is 0 Å². The maximum absolute atomic E-state index is 11.7. The van der Waals surface area contributed by atoms with Crippen LogP contribution in [-0.2, 0) is 7.05 Å². The van der Waals surface area contributed by atoms with Crippen molar-refractivity contribution in [3.8, 4) is 0 Å². The molecule has 5 rings (SSSR count). The number of rotatable bonds is 5. The van der Waals surface area contributed by atoms with Crippen molar-refractivity contribution in [2.24, 2.45) is 7.05 Å². The second kappa shape index (κ2) is 8.55. The van der Waals surface area contributed by atoms with Crippen LogP contribution in [0.3, 0.4) is 0 Å². The number of aromatic nitrogens is 4. The lowest BCUT2D eigenvalue weighted by Gasteiger charge is -2.33. The number of nitrogens with one attached hydrogen (secondary N) is 2. The Hall–Kier alpha value is -3.92. The maximum Gasteiger partial charge on any atom is 0.419 e. The molecule has 0 aliphatic carbocycles. The molecule has 4 aromatic rings.